The molecule has 0 fully saturated rings. The number of hydrogen-bond donors (Lipinski definition) is 2. The van der Waals surface area contributed by atoms with Gasteiger partial charge in [-0.3, -0.25) is 4.79 Å². The first-order valence-electron chi connectivity index (χ1n) is 9.08. The van der Waals surface area contributed by atoms with E-state index in [4.69, 9.17) is 0 Å². The number of aliphatic hydroxyl groups excluding tert-OH is 1. The second-order valence-corrected chi connectivity index (χ2v) is 6.75. The number of rotatable bonds is 6. The molecule has 158 valence electrons. The molecule has 0 saturated carbocycles. The number of aromatic nitrogens is 2. The molecule has 1 unspecified atom stereocenters. The van der Waals surface area contributed by atoms with Crippen LogP contribution in [0.3, 0.4) is 0 Å². The highest BCUT2D eigenvalue weighted by Crippen LogP contribution is 2.29. The van der Waals surface area contributed by atoms with Crippen molar-refractivity contribution in [3.63, 3.8) is 0 Å². The van der Waals surface area contributed by atoms with Gasteiger partial charge in [-0.2, -0.15) is 18.3 Å². The summed E-state index contributed by atoms with van der Waals surface area (Å²) in [5.74, 6) is -1.63. The number of nitrogens with one attached hydrogen (secondary N) is 1. The Morgan fingerprint density at radius 3 is 2.57 bits per heavy atom. The number of hydrogen-bond acceptors (Lipinski definition) is 3. The molecular formula is C21H19F4N3O2. The summed E-state index contributed by atoms with van der Waals surface area (Å²) >= 11 is 0. The maximum atomic E-state index is 13.5. The first kappa shape index (κ1) is 21.5. The van der Waals surface area contributed by atoms with Crippen LogP contribution in [0.15, 0.2) is 54.6 Å². The number of aliphatic hydroxyl groups is 1. The van der Waals surface area contributed by atoms with Gasteiger partial charge >= 0.3 is 6.18 Å². The Hall–Kier alpha value is -3.20. The van der Waals surface area contributed by atoms with Crippen LogP contribution in [0.25, 0.3) is 5.69 Å². The van der Waals surface area contributed by atoms with Crippen molar-refractivity contribution in [1.82, 2.24) is 15.1 Å². The Kier molecular flexibility index (Phi) is 6.21. The maximum absolute atomic E-state index is 13.5. The Bertz CT molecular complexity index is 1050. The summed E-state index contributed by atoms with van der Waals surface area (Å²) in [5, 5.41) is 15.4. The fourth-order valence-electron chi connectivity index (χ4n) is 2.96. The number of benzene rings is 2. The first-order chi connectivity index (χ1) is 14.2. The van der Waals surface area contributed by atoms with Gasteiger partial charge in [-0.15, -0.1) is 0 Å². The van der Waals surface area contributed by atoms with Crippen molar-refractivity contribution in [2.75, 3.05) is 0 Å². The van der Waals surface area contributed by atoms with Crippen LogP contribution in [-0.2, 0) is 24.1 Å². The quantitative estimate of drug-likeness (QED) is 0.593. The number of alkyl halides is 3. The third-order valence-corrected chi connectivity index (χ3v) is 4.60. The zero-order valence-electron chi connectivity index (χ0n) is 15.9. The smallest absolute Gasteiger partial charge is 0.392 e. The van der Waals surface area contributed by atoms with Crippen LogP contribution in [0.1, 0.15) is 35.4 Å². The summed E-state index contributed by atoms with van der Waals surface area (Å²) in [6.45, 7) is 1.24. The normalized spacial score (nSPS) is 12.6. The highest BCUT2D eigenvalue weighted by Gasteiger charge is 2.35. The average Bonchev–Trinajstić information content (AvgIpc) is 3.16. The van der Waals surface area contributed by atoms with E-state index in [2.05, 4.69) is 10.4 Å². The van der Waals surface area contributed by atoms with Crippen molar-refractivity contribution >= 4 is 5.91 Å². The predicted molar refractivity (Wildman–Crippen MR) is 101 cm³/mol. The average molecular weight is 421 g/mol. The van der Waals surface area contributed by atoms with E-state index in [1.807, 2.05) is 0 Å². The van der Waals surface area contributed by atoms with Crippen LogP contribution < -0.4 is 5.32 Å². The topological polar surface area (TPSA) is 67.2 Å². The van der Waals surface area contributed by atoms with Gasteiger partial charge in [0.05, 0.1) is 30.5 Å². The van der Waals surface area contributed by atoms with E-state index < -0.39 is 29.5 Å². The fourth-order valence-corrected chi connectivity index (χ4v) is 2.96. The predicted octanol–water partition coefficient (Wildman–Crippen LogP) is 3.94. The molecule has 2 N–H and O–H groups in total. The summed E-state index contributed by atoms with van der Waals surface area (Å²) in [6, 6.07) is 12.7. The van der Waals surface area contributed by atoms with Gasteiger partial charge in [0, 0.05) is 0 Å². The van der Waals surface area contributed by atoms with E-state index >= 15 is 0 Å². The minimum absolute atomic E-state index is 0.0533. The molecule has 0 bridgehead atoms. The van der Waals surface area contributed by atoms with Crippen LogP contribution in [0.4, 0.5) is 17.6 Å². The van der Waals surface area contributed by atoms with Crippen molar-refractivity contribution < 1.29 is 27.5 Å². The molecule has 0 saturated heterocycles. The van der Waals surface area contributed by atoms with Gasteiger partial charge in [-0.25, -0.2) is 9.07 Å². The molecule has 0 spiro atoms. The van der Waals surface area contributed by atoms with Crippen molar-refractivity contribution in [2.45, 2.75) is 32.2 Å². The Morgan fingerprint density at radius 2 is 1.90 bits per heavy atom. The molecule has 1 atom stereocenters. The Labute approximate surface area is 170 Å². The molecule has 0 aliphatic rings. The minimum Gasteiger partial charge on any atom is -0.392 e. The van der Waals surface area contributed by atoms with Crippen molar-refractivity contribution in [1.29, 1.82) is 0 Å². The second-order valence-electron chi connectivity index (χ2n) is 6.75. The van der Waals surface area contributed by atoms with Crippen LogP contribution in [0, 0.1) is 5.82 Å². The first-order valence-corrected chi connectivity index (χ1v) is 9.08. The highest BCUT2D eigenvalue weighted by atomic mass is 19.4. The summed E-state index contributed by atoms with van der Waals surface area (Å²) in [7, 11) is 0. The van der Waals surface area contributed by atoms with Gasteiger partial charge in [0.2, 0.25) is 5.91 Å². The van der Waals surface area contributed by atoms with Crippen molar-refractivity contribution in [3.05, 3.63) is 82.9 Å². The number of nitrogens with zero attached hydrogens (tertiary/aromatic N) is 2. The lowest BCUT2D eigenvalue weighted by Crippen LogP contribution is -2.28. The third kappa shape index (κ3) is 4.85. The lowest BCUT2D eigenvalue weighted by molar-refractivity contribution is -0.141. The SMILES string of the molecule is CC(C(=O)NCc1cc(C(F)(F)F)nn1-c1cccc(F)c1)c1cccc(CO)c1. The fraction of sp³-hybridized carbons (Fsp3) is 0.238. The molecule has 1 aromatic heterocycles. The molecular weight excluding hydrogens is 402 g/mol. The van der Waals surface area contributed by atoms with Gasteiger partial charge in [-0.1, -0.05) is 30.3 Å². The molecule has 3 rings (SSSR count). The maximum Gasteiger partial charge on any atom is 0.435 e. The van der Waals surface area contributed by atoms with E-state index in [0.717, 1.165) is 16.8 Å². The van der Waals surface area contributed by atoms with Crippen LogP contribution >= 0.6 is 0 Å². The molecule has 1 amide bonds. The molecule has 3 aromatic rings. The summed E-state index contributed by atoms with van der Waals surface area (Å²) in [4.78, 5) is 12.5. The van der Waals surface area contributed by atoms with Gasteiger partial charge in [0.1, 0.15) is 5.82 Å². The summed E-state index contributed by atoms with van der Waals surface area (Å²) in [5.41, 5.74) is 0.329. The molecule has 1 heterocycles. The van der Waals surface area contributed by atoms with Gasteiger partial charge in [-0.05, 0) is 42.3 Å². The molecule has 5 nitrogen and oxygen atoms in total. The van der Waals surface area contributed by atoms with Crippen LogP contribution in [0.2, 0.25) is 0 Å². The Balaban J connectivity index is 1.83. The molecule has 9 heteroatoms. The van der Waals surface area contributed by atoms with Crippen molar-refractivity contribution in [2.24, 2.45) is 0 Å². The monoisotopic (exact) mass is 421 g/mol. The standard InChI is InChI=1S/C21H19F4N3O2/c1-13(15-5-2-4-14(8-15)12-29)20(30)26-11-18-10-19(21(23,24)25)27-28(18)17-7-3-6-16(22)9-17/h2-10,13,29H,11-12H2,1H3,(H,26,30). The summed E-state index contributed by atoms with van der Waals surface area (Å²) in [6.07, 6.45) is -4.69. The number of halogens is 4. The molecule has 0 radical (unpaired) electrons. The number of carbonyl (C=O) groups excluding carboxylic acids is 1. The van der Waals surface area contributed by atoms with E-state index in [0.29, 0.717) is 11.1 Å². The van der Waals surface area contributed by atoms with E-state index in [-0.39, 0.29) is 24.5 Å². The van der Waals surface area contributed by atoms with Gasteiger partial charge in [0.15, 0.2) is 5.69 Å². The Morgan fingerprint density at radius 1 is 1.17 bits per heavy atom. The summed E-state index contributed by atoms with van der Waals surface area (Å²) < 4.78 is 53.9. The van der Waals surface area contributed by atoms with Crippen molar-refractivity contribution in [3.8, 4) is 5.69 Å². The van der Waals surface area contributed by atoms with Gasteiger partial charge in [0.25, 0.3) is 0 Å². The highest BCUT2D eigenvalue weighted by molar-refractivity contribution is 5.83. The molecule has 30 heavy (non-hydrogen) atoms. The zero-order valence-corrected chi connectivity index (χ0v) is 15.9. The minimum atomic E-state index is -4.69. The third-order valence-electron chi connectivity index (χ3n) is 4.60. The zero-order chi connectivity index (χ0) is 21.9. The van der Waals surface area contributed by atoms with E-state index in [1.54, 1.807) is 31.2 Å². The lowest BCUT2D eigenvalue weighted by atomic mass is 9.98. The number of amides is 1. The second kappa shape index (κ2) is 8.66. The van der Waals surface area contributed by atoms with E-state index in [9.17, 15) is 27.5 Å². The van der Waals surface area contributed by atoms with Crippen LogP contribution in [-0.4, -0.2) is 20.8 Å². The molecule has 2 aromatic carbocycles. The van der Waals surface area contributed by atoms with Gasteiger partial charge < -0.3 is 10.4 Å². The number of carbonyl (C=O) groups is 1. The van der Waals surface area contributed by atoms with Crippen LogP contribution in [0.5, 0.6) is 0 Å². The van der Waals surface area contributed by atoms with E-state index in [1.165, 1.54) is 18.2 Å². The molecule has 0 aliphatic carbocycles. The lowest BCUT2D eigenvalue weighted by Gasteiger charge is -2.14. The largest absolute Gasteiger partial charge is 0.435 e. The molecule has 0 aliphatic heterocycles.